The zero-order chi connectivity index (χ0) is 24.2. The van der Waals surface area contributed by atoms with E-state index in [1.165, 1.54) is 4.90 Å². The van der Waals surface area contributed by atoms with E-state index in [0.717, 1.165) is 26.5 Å². The predicted octanol–water partition coefficient (Wildman–Crippen LogP) is 6.18. The van der Waals surface area contributed by atoms with Gasteiger partial charge in [0.15, 0.2) is 5.11 Å². The molecule has 34 heavy (non-hydrogen) atoms. The van der Waals surface area contributed by atoms with E-state index in [-0.39, 0.29) is 10.7 Å². The molecule has 3 aromatic rings. The van der Waals surface area contributed by atoms with Gasteiger partial charge in [0.1, 0.15) is 17.9 Å². The van der Waals surface area contributed by atoms with Crippen LogP contribution in [-0.2, 0) is 22.6 Å². The predicted molar refractivity (Wildman–Crippen MR) is 145 cm³/mol. The van der Waals surface area contributed by atoms with Crippen LogP contribution in [0.15, 0.2) is 81.2 Å². The maximum absolute atomic E-state index is 13.3. The van der Waals surface area contributed by atoms with E-state index in [0.29, 0.717) is 23.6 Å². The number of nitrogens with zero attached hydrogens (tertiary/aromatic N) is 1. The SMILES string of the molecule is CCc1ccccc1N1C(=O)/C(=C/c2ccc(OCc3ccc(Br)cc3Br)cc2)C(=O)NC1=S. The fourth-order valence-electron chi connectivity index (χ4n) is 3.53. The monoisotopic (exact) mass is 598 g/mol. The van der Waals surface area contributed by atoms with E-state index in [1.54, 1.807) is 30.3 Å². The lowest BCUT2D eigenvalue weighted by molar-refractivity contribution is -0.122. The van der Waals surface area contributed by atoms with Crippen molar-refractivity contribution in [1.29, 1.82) is 0 Å². The van der Waals surface area contributed by atoms with E-state index in [2.05, 4.69) is 37.2 Å². The fourth-order valence-corrected chi connectivity index (χ4v) is 4.97. The summed E-state index contributed by atoms with van der Waals surface area (Å²) >= 11 is 12.3. The molecule has 5 nitrogen and oxygen atoms in total. The average molecular weight is 600 g/mol. The van der Waals surface area contributed by atoms with Crippen molar-refractivity contribution in [2.75, 3.05) is 4.90 Å². The number of nitrogens with one attached hydrogen (secondary N) is 1. The maximum atomic E-state index is 13.3. The van der Waals surface area contributed by atoms with Crippen LogP contribution in [0, 0.1) is 0 Å². The van der Waals surface area contributed by atoms with Gasteiger partial charge in [-0.05, 0) is 66.2 Å². The van der Waals surface area contributed by atoms with E-state index in [1.807, 2.05) is 49.4 Å². The van der Waals surface area contributed by atoms with Gasteiger partial charge in [0.05, 0.1) is 5.69 Å². The molecule has 1 aliphatic heterocycles. The van der Waals surface area contributed by atoms with Crippen molar-refractivity contribution in [1.82, 2.24) is 5.32 Å². The lowest BCUT2D eigenvalue weighted by Crippen LogP contribution is -2.54. The number of benzene rings is 3. The molecule has 0 atom stereocenters. The molecule has 1 saturated heterocycles. The summed E-state index contributed by atoms with van der Waals surface area (Å²) in [6.45, 7) is 2.41. The minimum atomic E-state index is -0.513. The first-order valence-corrected chi connectivity index (χ1v) is 12.5. The Balaban J connectivity index is 1.53. The molecule has 0 aliphatic carbocycles. The third-order valence-corrected chi connectivity index (χ3v) is 6.83. The zero-order valence-corrected chi connectivity index (χ0v) is 22.2. The second-order valence-electron chi connectivity index (χ2n) is 7.53. The van der Waals surface area contributed by atoms with Crippen LogP contribution in [0.3, 0.4) is 0 Å². The molecular formula is C26H20Br2N2O3S. The highest BCUT2D eigenvalue weighted by molar-refractivity contribution is 9.11. The lowest BCUT2D eigenvalue weighted by atomic mass is 10.0. The van der Waals surface area contributed by atoms with E-state index in [9.17, 15) is 9.59 Å². The Labute approximate surface area is 220 Å². The smallest absolute Gasteiger partial charge is 0.270 e. The maximum Gasteiger partial charge on any atom is 0.270 e. The number of ether oxygens (including phenoxy) is 1. The Kier molecular flexibility index (Phi) is 7.60. The Hall–Kier alpha value is -2.81. The molecule has 8 heteroatoms. The summed E-state index contributed by atoms with van der Waals surface area (Å²) in [4.78, 5) is 27.2. The molecule has 0 saturated carbocycles. The summed E-state index contributed by atoms with van der Waals surface area (Å²) in [5.74, 6) is -0.285. The molecular weight excluding hydrogens is 580 g/mol. The van der Waals surface area contributed by atoms with Gasteiger partial charge in [0.2, 0.25) is 0 Å². The number of hydrogen-bond acceptors (Lipinski definition) is 4. The number of hydrogen-bond donors (Lipinski definition) is 1. The molecule has 0 aromatic heterocycles. The molecule has 0 spiro atoms. The van der Waals surface area contributed by atoms with E-state index in [4.69, 9.17) is 17.0 Å². The van der Waals surface area contributed by atoms with Crippen molar-refractivity contribution in [3.05, 3.63) is 97.9 Å². The number of thiocarbonyl (C=S) groups is 1. The van der Waals surface area contributed by atoms with Crippen LogP contribution in [-0.4, -0.2) is 16.9 Å². The zero-order valence-electron chi connectivity index (χ0n) is 18.2. The lowest BCUT2D eigenvalue weighted by Gasteiger charge is -2.30. The number of para-hydroxylation sites is 1. The van der Waals surface area contributed by atoms with Gasteiger partial charge in [0.25, 0.3) is 11.8 Å². The molecule has 1 fully saturated rings. The number of anilines is 1. The number of aryl methyl sites for hydroxylation is 1. The van der Waals surface area contributed by atoms with E-state index >= 15 is 0 Å². The largest absolute Gasteiger partial charge is 0.489 e. The van der Waals surface area contributed by atoms with E-state index < -0.39 is 11.8 Å². The van der Waals surface area contributed by atoms with Crippen molar-refractivity contribution in [2.45, 2.75) is 20.0 Å². The minimum Gasteiger partial charge on any atom is -0.489 e. The summed E-state index contributed by atoms with van der Waals surface area (Å²) in [5, 5.41) is 2.72. The third-order valence-electron chi connectivity index (χ3n) is 5.32. The molecule has 1 N–H and O–H groups in total. The first kappa shape index (κ1) is 24.3. The minimum absolute atomic E-state index is 0.0203. The highest BCUT2D eigenvalue weighted by Gasteiger charge is 2.35. The van der Waals surface area contributed by atoms with Crippen molar-refractivity contribution in [3.8, 4) is 5.75 Å². The molecule has 1 heterocycles. The van der Waals surface area contributed by atoms with Gasteiger partial charge >= 0.3 is 0 Å². The standard InChI is InChI=1S/C26H20Br2N2O3S/c1-2-17-5-3-4-6-23(17)30-25(32)21(24(31)29-26(30)34)13-16-7-11-20(12-8-16)33-15-18-9-10-19(27)14-22(18)28/h3-14H,2,15H2,1H3,(H,29,31,34)/b21-13+. The second-order valence-corrected chi connectivity index (χ2v) is 9.69. The highest BCUT2D eigenvalue weighted by atomic mass is 79.9. The summed E-state index contributed by atoms with van der Waals surface area (Å²) in [6, 6.07) is 20.6. The summed E-state index contributed by atoms with van der Waals surface area (Å²) in [6.07, 6.45) is 2.30. The number of amides is 2. The summed E-state index contributed by atoms with van der Waals surface area (Å²) < 4.78 is 7.82. The van der Waals surface area contributed by atoms with Crippen LogP contribution in [0.5, 0.6) is 5.75 Å². The van der Waals surface area contributed by atoms with Crippen molar-refractivity contribution in [3.63, 3.8) is 0 Å². The van der Waals surface area contributed by atoms with Crippen molar-refractivity contribution >= 4 is 72.8 Å². The molecule has 0 unspecified atom stereocenters. The van der Waals surface area contributed by atoms with Gasteiger partial charge in [0, 0.05) is 14.5 Å². The molecule has 3 aromatic carbocycles. The molecule has 172 valence electrons. The van der Waals surface area contributed by atoms with Gasteiger partial charge in [-0.1, -0.05) is 75.2 Å². The first-order valence-electron chi connectivity index (χ1n) is 10.5. The topological polar surface area (TPSA) is 58.6 Å². The van der Waals surface area contributed by atoms with Crippen LogP contribution in [0.1, 0.15) is 23.6 Å². The summed E-state index contributed by atoms with van der Waals surface area (Å²) in [7, 11) is 0. The van der Waals surface area contributed by atoms with Gasteiger partial charge < -0.3 is 4.74 Å². The van der Waals surface area contributed by atoms with Gasteiger partial charge in [-0.2, -0.15) is 0 Å². The van der Waals surface area contributed by atoms with Crippen LogP contribution < -0.4 is 15.0 Å². The Morgan fingerprint density at radius 1 is 1.00 bits per heavy atom. The molecule has 2 amide bonds. The normalized spacial score (nSPS) is 15.0. The number of rotatable bonds is 6. The molecule has 0 radical (unpaired) electrons. The van der Waals surface area contributed by atoms with Crippen LogP contribution >= 0.6 is 44.1 Å². The Bertz CT molecular complexity index is 1310. The number of carbonyl (C=O) groups excluding carboxylic acids is 2. The van der Waals surface area contributed by atoms with Gasteiger partial charge in [-0.3, -0.25) is 19.8 Å². The van der Waals surface area contributed by atoms with Gasteiger partial charge in [-0.25, -0.2) is 0 Å². The molecule has 1 aliphatic rings. The van der Waals surface area contributed by atoms with Crippen LogP contribution in [0.25, 0.3) is 6.08 Å². The van der Waals surface area contributed by atoms with Gasteiger partial charge in [-0.15, -0.1) is 0 Å². The second kappa shape index (κ2) is 10.6. The third kappa shape index (κ3) is 5.29. The Morgan fingerprint density at radius 3 is 2.44 bits per heavy atom. The van der Waals surface area contributed by atoms with Crippen molar-refractivity contribution < 1.29 is 14.3 Å². The van der Waals surface area contributed by atoms with Crippen LogP contribution in [0.4, 0.5) is 5.69 Å². The number of carbonyl (C=O) groups is 2. The summed E-state index contributed by atoms with van der Waals surface area (Å²) in [5.41, 5.74) is 3.38. The quantitative estimate of drug-likeness (QED) is 0.209. The Morgan fingerprint density at radius 2 is 1.74 bits per heavy atom. The average Bonchev–Trinajstić information content (AvgIpc) is 2.82. The number of halogens is 2. The van der Waals surface area contributed by atoms with Crippen LogP contribution in [0.2, 0.25) is 0 Å². The fraction of sp³-hybridized carbons (Fsp3) is 0.115. The van der Waals surface area contributed by atoms with Crippen molar-refractivity contribution in [2.24, 2.45) is 0 Å². The first-order chi connectivity index (χ1) is 16.4. The molecule has 4 rings (SSSR count). The highest BCUT2D eigenvalue weighted by Crippen LogP contribution is 2.27. The molecule has 0 bridgehead atoms.